The van der Waals surface area contributed by atoms with Crippen LogP contribution in [0.25, 0.3) is 0 Å². The highest BCUT2D eigenvalue weighted by Crippen LogP contribution is 2.39. The molecule has 0 aromatic heterocycles. The van der Waals surface area contributed by atoms with Crippen molar-refractivity contribution in [1.82, 2.24) is 0 Å². The first kappa shape index (κ1) is 26.0. The molecule has 0 aliphatic rings. The Hall–Kier alpha value is -4.00. The van der Waals surface area contributed by atoms with Gasteiger partial charge in [-0.2, -0.15) is 31.3 Å². The molecule has 2 aromatic carbocycles. The lowest BCUT2D eigenvalue weighted by Gasteiger charge is -2.11. The van der Waals surface area contributed by atoms with Crippen LogP contribution in [-0.2, 0) is 17.1 Å². The molecule has 0 saturated carbocycles. The van der Waals surface area contributed by atoms with Crippen molar-refractivity contribution in [2.45, 2.75) is 26.2 Å². The lowest BCUT2D eigenvalue weighted by Crippen LogP contribution is -2.10. The van der Waals surface area contributed by atoms with E-state index in [9.17, 15) is 51.4 Å². The van der Waals surface area contributed by atoms with Gasteiger partial charge >= 0.3 is 12.4 Å². The Labute approximate surface area is 174 Å². The molecule has 32 heavy (non-hydrogen) atoms. The molecule has 172 valence electrons. The number of nitrogens with two attached hydrogens (primary N) is 1. The predicted octanol–water partition coefficient (Wildman–Crippen LogP) is 5.39. The number of halogens is 6. The Morgan fingerprint density at radius 1 is 0.844 bits per heavy atom. The molecule has 0 aliphatic carbocycles. The number of nitro benzene ring substituents is 2. The topological polar surface area (TPSA) is 142 Å². The molecular weight excluding hydrogens is 454 g/mol. The fraction of sp³-hybridized carbons (Fsp3) is 0.235. The van der Waals surface area contributed by atoms with Gasteiger partial charge in [-0.3, -0.25) is 20.2 Å². The van der Waals surface area contributed by atoms with Crippen molar-refractivity contribution in [2.24, 2.45) is 4.99 Å². The van der Waals surface area contributed by atoms with Crippen molar-refractivity contribution >= 4 is 28.8 Å². The largest absolute Gasteiger partial charge is 0.416 e. The number of non-ortho nitro benzene ring substituents is 2. The van der Waals surface area contributed by atoms with Crippen molar-refractivity contribution in [2.75, 3.05) is 5.73 Å². The van der Waals surface area contributed by atoms with E-state index in [4.69, 9.17) is 5.73 Å². The standard InChI is InChI=1S/C9H5F3N2O3.C8H7F3N2O2/c1-5-7(9(10,11)12)2-6(14(16)17)3-8(5)13-4-15;1-4-6(8(9,10)11)2-5(13(14)15)3-7(4)12/h2-3H,1H3;2-3H,12H2,1H3. The number of alkyl halides is 6. The normalized spacial score (nSPS) is 11.1. The maximum absolute atomic E-state index is 12.5. The highest BCUT2D eigenvalue weighted by molar-refractivity contribution is 5.61. The summed E-state index contributed by atoms with van der Waals surface area (Å²) in [6, 6.07) is 2.57. The Morgan fingerprint density at radius 2 is 1.25 bits per heavy atom. The minimum atomic E-state index is -4.75. The first-order valence-electron chi connectivity index (χ1n) is 8.06. The summed E-state index contributed by atoms with van der Waals surface area (Å²) in [6.07, 6.45) is -8.33. The number of benzene rings is 2. The van der Waals surface area contributed by atoms with Crippen LogP contribution in [0.15, 0.2) is 29.3 Å². The van der Waals surface area contributed by atoms with E-state index in [1.54, 1.807) is 0 Å². The van der Waals surface area contributed by atoms with Gasteiger partial charge in [-0.1, -0.05) is 0 Å². The average molecular weight is 466 g/mol. The van der Waals surface area contributed by atoms with Gasteiger partial charge in [0.2, 0.25) is 6.08 Å². The first-order valence-corrected chi connectivity index (χ1v) is 8.06. The van der Waals surface area contributed by atoms with Crippen LogP contribution in [0.4, 0.5) is 49.1 Å². The molecule has 0 atom stereocenters. The monoisotopic (exact) mass is 466 g/mol. The fourth-order valence-corrected chi connectivity index (χ4v) is 2.37. The summed E-state index contributed by atoms with van der Waals surface area (Å²) in [7, 11) is 0. The number of hydrogen-bond donors (Lipinski definition) is 1. The van der Waals surface area contributed by atoms with Gasteiger partial charge in [0.25, 0.3) is 11.4 Å². The number of nitro groups is 2. The van der Waals surface area contributed by atoms with Gasteiger partial charge in [0.15, 0.2) is 0 Å². The van der Waals surface area contributed by atoms with Crippen molar-refractivity contribution in [1.29, 1.82) is 0 Å². The summed E-state index contributed by atoms with van der Waals surface area (Å²) in [5, 5.41) is 20.8. The third-order valence-corrected chi connectivity index (χ3v) is 4.00. The zero-order valence-corrected chi connectivity index (χ0v) is 16.0. The molecular formula is C17H12F6N4O5. The van der Waals surface area contributed by atoms with E-state index in [0.717, 1.165) is 25.1 Å². The Balaban J connectivity index is 0.000000323. The van der Waals surface area contributed by atoms with Crippen molar-refractivity contribution in [3.05, 3.63) is 66.7 Å². The molecule has 9 nitrogen and oxygen atoms in total. The smallest absolute Gasteiger partial charge is 0.398 e. The van der Waals surface area contributed by atoms with Crippen LogP contribution in [0, 0.1) is 34.1 Å². The average Bonchev–Trinajstić information content (AvgIpc) is 2.63. The second-order valence-corrected chi connectivity index (χ2v) is 6.06. The summed E-state index contributed by atoms with van der Waals surface area (Å²) < 4.78 is 74.8. The number of isocyanates is 1. The Kier molecular flexibility index (Phi) is 7.67. The quantitative estimate of drug-likeness (QED) is 0.160. The molecule has 15 heteroatoms. The van der Waals surface area contributed by atoms with Gasteiger partial charge in [-0.05, 0) is 25.0 Å². The van der Waals surface area contributed by atoms with Crippen molar-refractivity contribution < 1.29 is 41.0 Å². The van der Waals surface area contributed by atoms with Crippen LogP contribution in [0.1, 0.15) is 22.3 Å². The van der Waals surface area contributed by atoms with Crippen LogP contribution in [0.5, 0.6) is 0 Å². The van der Waals surface area contributed by atoms with Gasteiger partial charge in [0, 0.05) is 30.0 Å². The summed E-state index contributed by atoms with van der Waals surface area (Å²) in [5.74, 6) is 0. The maximum atomic E-state index is 12.5. The predicted molar refractivity (Wildman–Crippen MR) is 97.9 cm³/mol. The van der Waals surface area contributed by atoms with Crippen LogP contribution in [-0.4, -0.2) is 15.9 Å². The zero-order valence-electron chi connectivity index (χ0n) is 16.0. The maximum Gasteiger partial charge on any atom is 0.416 e. The van der Waals surface area contributed by atoms with Gasteiger partial charge in [0.1, 0.15) is 0 Å². The molecule has 0 fully saturated rings. The minimum absolute atomic E-state index is 0.201. The number of rotatable bonds is 3. The number of nitrogen functional groups attached to an aromatic ring is 1. The van der Waals surface area contributed by atoms with E-state index in [1.165, 1.54) is 6.92 Å². The summed E-state index contributed by atoms with van der Waals surface area (Å²) in [5.41, 5.74) is 0.330. The number of aliphatic imine (C=N–C) groups is 1. The minimum Gasteiger partial charge on any atom is -0.398 e. The molecule has 0 radical (unpaired) electrons. The second-order valence-electron chi connectivity index (χ2n) is 6.06. The SMILES string of the molecule is Cc1c(N)cc([N+](=O)[O-])cc1C(F)(F)F.Cc1c(N=C=O)cc([N+](=O)[O-])cc1C(F)(F)F. The summed E-state index contributed by atoms with van der Waals surface area (Å²) >= 11 is 0. The number of anilines is 1. The molecule has 0 bridgehead atoms. The lowest BCUT2D eigenvalue weighted by atomic mass is 10.1. The van der Waals surface area contributed by atoms with E-state index in [-0.39, 0.29) is 16.8 Å². The van der Waals surface area contributed by atoms with E-state index in [2.05, 4.69) is 4.99 Å². The molecule has 0 aliphatic heterocycles. The Bertz CT molecular complexity index is 1110. The molecule has 0 unspecified atom stereocenters. The molecule has 0 heterocycles. The zero-order chi connectivity index (χ0) is 25.0. The van der Waals surface area contributed by atoms with Crippen molar-refractivity contribution in [3.8, 4) is 0 Å². The van der Waals surface area contributed by atoms with E-state index in [0.29, 0.717) is 12.1 Å². The lowest BCUT2D eigenvalue weighted by molar-refractivity contribution is -0.385. The molecule has 0 amide bonds. The molecule has 2 rings (SSSR count). The highest BCUT2D eigenvalue weighted by Gasteiger charge is 2.36. The van der Waals surface area contributed by atoms with E-state index >= 15 is 0 Å². The number of nitrogens with zero attached hydrogens (tertiary/aromatic N) is 3. The van der Waals surface area contributed by atoms with Crippen LogP contribution in [0.3, 0.4) is 0 Å². The van der Waals surface area contributed by atoms with Gasteiger partial charge < -0.3 is 5.73 Å². The van der Waals surface area contributed by atoms with E-state index in [1.807, 2.05) is 0 Å². The van der Waals surface area contributed by atoms with Gasteiger partial charge in [0.05, 0.1) is 26.7 Å². The second kappa shape index (κ2) is 9.43. The Morgan fingerprint density at radius 3 is 1.62 bits per heavy atom. The molecule has 2 aromatic rings. The highest BCUT2D eigenvalue weighted by atomic mass is 19.4. The molecule has 0 spiro atoms. The molecule has 0 saturated heterocycles. The van der Waals surface area contributed by atoms with Crippen LogP contribution < -0.4 is 5.73 Å². The fourth-order valence-electron chi connectivity index (χ4n) is 2.37. The van der Waals surface area contributed by atoms with Crippen LogP contribution >= 0.6 is 0 Å². The molecule has 2 N–H and O–H groups in total. The van der Waals surface area contributed by atoms with Crippen molar-refractivity contribution in [3.63, 3.8) is 0 Å². The number of hydrogen-bond acceptors (Lipinski definition) is 7. The van der Waals surface area contributed by atoms with E-state index < -0.39 is 50.4 Å². The summed E-state index contributed by atoms with van der Waals surface area (Å²) in [4.78, 5) is 31.9. The van der Waals surface area contributed by atoms with Gasteiger partial charge in [-0.25, -0.2) is 4.79 Å². The third-order valence-electron chi connectivity index (χ3n) is 4.00. The van der Waals surface area contributed by atoms with Crippen LogP contribution in [0.2, 0.25) is 0 Å². The number of carbonyl (C=O) groups excluding carboxylic acids is 1. The summed E-state index contributed by atoms with van der Waals surface area (Å²) in [6.45, 7) is 2.24. The van der Waals surface area contributed by atoms with Gasteiger partial charge in [-0.15, -0.1) is 0 Å². The third kappa shape index (κ3) is 6.25. The first-order chi connectivity index (χ1) is 14.5.